The second-order valence-corrected chi connectivity index (χ2v) is 3.09. The van der Waals surface area contributed by atoms with Crippen LogP contribution in [0, 0.1) is 0 Å². The summed E-state index contributed by atoms with van der Waals surface area (Å²) >= 11 is 5.90. The summed E-state index contributed by atoms with van der Waals surface area (Å²) in [5.41, 5.74) is 0.320. The highest BCUT2D eigenvalue weighted by Gasteiger charge is 2.15. The molecule has 0 aliphatic heterocycles. The van der Waals surface area contributed by atoms with Crippen molar-refractivity contribution in [3.05, 3.63) is 22.7 Å². The molecule has 4 nitrogen and oxygen atoms in total. The zero-order valence-corrected chi connectivity index (χ0v) is 9.42. The van der Waals surface area contributed by atoms with Gasteiger partial charge in [-0.2, -0.15) is 0 Å². The van der Waals surface area contributed by atoms with Crippen LogP contribution >= 0.6 is 11.6 Å². The standard InChI is InChI=1S/C10H11ClO4/c1-13-8-5-6(10(12)15-3)4-7(11)9(8)14-2/h4-5H,1-3H3. The van der Waals surface area contributed by atoms with Crippen LogP contribution < -0.4 is 9.47 Å². The molecular formula is C10H11ClO4. The highest BCUT2D eigenvalue weighted by Crippen LogP contribution is 2.36. The van der Waals surface area contributed by atoms with E-state index < -0.39 is 5.97 Å². The number of hydrogen-bond acceptors (Lipinski definition) is 4. The van der Waals surface area contributed by atoms with Crippen molar-refractivity contribution in [2.75, 3.05) is 21.3 Å². The van der Waals surface area contributed by atoms with Crippen molar-refractivity contribution in [1.29, 1.82) is 0 Å². The normalized spacial score (nSPS) is 9.60. The monoisotopic (exact) mass is 230 g/mol. The fraction of sp³-hybridized carbons (Fsp3) is 0.300. The molecule has 0 saturated heterocycles. The van der Waals surface area contributed by atoms with Crippen LogP contribution in [0.1, 0.15) is 10.4 Å². The van der Waals surface area contributed by atoms with E-state index in [-0.39, 0.29) is 0 Å². The van der Waals surface area contributed by atoms with Crippen LogP contribution in [-0.4, -0.2) is 27.3 Å². The zero-order valence-electron chi connectivity index (χ0n) is 8.67. The van der Waals surface area contributed by atoms with E-state index in [1.54, 1.807) is 0 Å². The summed E-state index contributed by atoms with van der Waals surface area (Å²) in [5, 5.41) is 0.303. The molecule has 0 spiro atoms. The van der Waals surface area contributed by atoms with Gasteiger partial charge in [-0.3, -0.25) is 0 Å². The van der Waals surface area contributed by atoms with Crippen molar-refractivity contribution in [3.8, 4) is 11.5 Å². The van der Waals surface area contributed by atoms with Crippen molar-refractivity contribution in [3.63, 3.8) is 0 Å². The SMILES string of the molecule is COC(=O)c1cc(Cl)c(OC)c(OC)c1. The first kappa shape index (κ1) is 11.7. The van der Waals surface area contributed by atoms with Gasteiger partial charge in [0.15, 0.2) is 11.5 Å². The highest BCUT2D eigenvalue weighted by molar-refractivity contribution is 6.32. The Morgan fingerprint density at radius 2 is 1.87 bits per heavy atom. The van der Waals surface area contributed by atoms with Gasteiger partial charge in [0.1, 0.15) is 0 Å². The summed E-state index contributed by atoms with van der Waals surface area (Å²) in [4.78, 5) is 11.3. The van der Waals surface area contributed by atoms with E-state index in [1.165, 1.54) is 33.5 Å². The van der Waals surface area contributed by atoms with Crippen LogP contribution in [-0.2, 0) is 4.74 Å². The van der Waals surface area contributed by atoms with Crippen LogP contribution in [0.25, 0.3) is 0 Å². The van der Waals surface area contributed by atoms with Gasteiger partial charge < -0.3 is 14.2 Å². The number of benzene rings is 1. The maximum Gasteiger partial charge on any atom is 0.338 e. The summed E-state index contributed by atoms with van der Waals surface area (Å²) in [6.45, 7) is 0. The van der Waals surface area contributed by atoms with Gasteiger partial charge in [-0.25, -0.2) is 4.79 Å². The molecule has 0 N–H and O–H groups in total. The molecule has 1 aromatic carbocycles. The Morgan fingerprint density at radius 3 is 2.33 bits per heavy atom. The second-order valence-electron chi connectivity index (χ2n) is 2.69. The predicted molar refractivity (Wildman–Crippen MR) is 55.9 cm³/mol. The van der Waals surface area contributed by atoms with Crippen LogP contribution in [0.4, 0.5) is 0 Å². The molecular weight excluding hydrogens is 220 g/mol. The molecule has 0 aromatic heterocycles. The Kier molecular flexibility index (Phi) is 3.80. The third-order valence-corrected chi connectivity index (χ3v) is 2.14. The number of halogens is 1. The number of carbonyl (C=O) groups excluding carboxylic acids is 1. The van der Waals surface area contributed by atoms with Gasteiger partial charge in [0.25, 0.3) is 0 Å². The Morgan fingerprint density at radius 1 is 1.20 bits per heavy atom. The zero-order chi connectivity index (χ0) is 11.4. The minimum absolute atomic E-state index is 0.303. The molecule has 0 heterocycles. The molecule has 5 heteroatoms. The molecule has 0 amide bonds. The summed E-state index contributed by atoms with van der Waals surface area (Å²) in [6, 6.07) is 2.98. The lowest BCUT2D eigenvalue weighted by molar-refractivity contribution is 0.0600. The van der Waals surface area contributed by atoms with Crippen LogP contribution in [0.5, 0.6) is 11.5 Å². The molecule has 0 radical (unpaired) electrons. The molecule has 0 aliphatic rings. The molecule has 0 saturated carbocycles. The van der Waals surface area contributed by atoms with Gasteiger partial charge in [-0.05, 0) is 12.1 Å². The molecule has 82 valence electrons. The fourth-order valence-corrected chi connectivity index (χ4v) is 1.44. The summed E-state index contributed by atoms with van der Waals surface area (Å²) in [5.74, 6) is 0.315. The first-order chi connectivity index (χ1) is 7.13. The first-order valence-corrected chi connectivity index (χ1v) is 4.51. The largest absolute Gasteiger partial charge is 0.493 e. The average molecular weight is 231 g/mol. The number of esters is 1. The maximum absolute atomic E-state index is 11.3. The van der Waals surface area contributed by atoms with E-state index in [0.29, 0.717) is 22.1 Å². The Hall–Kier alpha value is -1.42. The molecule has 0 unspecified atom stereocenters. The lowest BCUT2D eigenvalue weighted by atomic mass is 10.2. The maximum atomic E-state index is 11.3. The topological polar surface area (TPSA) is 44.8 Å². The van der Waals surface area contributed by atoms with Crippen molar-refractivity contribution < 1.29 is 19.0 Å². The Labute approximate surface area is 92.7 Å². The second kappa shape index (κ2) is 4.89. The van der Waals surface area contributed by atoms with Gasteiger partial charge in [0.05, 0.1) is 31.9 Å². The average Bonchev–Trinajstić information content (AvgIpc) is 2.26. The van der Waals surface area contributed by atoms with Gasteiger partial charge in [-0.1, -0.05) is 11.6 Å². The summed E-state index contributed by atoms with van der Waals surface area (Å²) in [6.07, 6.45) is 0. The van der Waals surface area contributed by atoms with Crippen LogP contribution in [0.2, 0.25) is 5.02 Å². The Balaban J connectivity index is 3.25. The molecule has 0 atom stereocenters. The molecule has 0 bridgehead atoms. The fourth-order valence-electron chi connectivity index (χ4n) is 1.15. The van der Waals surface area contributed by atoms with Gasteiger partial charge in [0, 0.05) is 0 Å². The quantitative estimate of drug-likeness (QED) is 0.747. The summed E-state index contributed by atoms with van der Waals surface area (Å²) in [7, 11) is 4.24. The predicted octanol–water partition coefficient (Wildman–Crippen LogP) is 2.14. The highest BCUT2D eigenvalue weighted by atomic mass is 35.5. The Bertz CT molecular complexity index is 376. The van der Waals surface area contributed by atoms with E-state index >= 15 is 0 Å². The third kappa shape index (κ3) is 2.33. The third-order valence-electron chi connectivity index (χ3n) is 1.85. The lowest BCUT2D eigenvalue weighted by Crippen LogP contribution is -2.02. The van der Waals surface area contributed by atoms with E-state index in [4.69, 9.17) is 21.1 Å². The lowest BCUT2D eigenvalue weighted by Gasteiger charge is -2.10. The van der Waals surface area contributed by atoms with E-state index in [9.17, 15) is 4.79 Å². The number of rotatable bonds is 3. The number of ether oxygens (including phenoxy) is 3. The molecule has 15 heavy (non-hydrogen) atoms. The summed E-state index contributed by atoms with van der Waals surface area (Å²) < 4.78 is 14.6. The smallest absolute Gasteiger partial charge is 0.338 e. The van der Waals surface area contributed by atoms with Gasteiger partial charge in [0.2, 0.25) is 0 Å². The molecule has 0 aliphatic carbocycles. The van der Waals surface area contributed by atoms with Crippen molar-refractivity contribution in [2.45, 2.75) is 0 Å². The van der Waals surface area contributed by atoms with Crippen LogP contribution in [0.3, 0.4) is 0 Å². The van der Waals surface area contributed by atoms with E-state index in [2.05, 4.69) is 4.74 Å². The molecule has 0 fully saturated rings. The van der Waals surface area contributed by atoms with Crippen molar-refractivity contribution in [1.82, 2.24) is 0 Å². The first-order valence-electron chi connectivity index (χ1n) is 4.13. The minimum atomic E-state index is -0.474. The van der Waals surface area contributed by atoms with Gasteiger partial charge in [-0.15, -0.1) is 0 Å². The number of carbonyl (C=O) groups is 1. The van der Waals surface area contributed by atoms with Crippen molar-refractivity contribution in [2.24, 2.45) is 0 Å². The molecule has 1 aromatic rings. The number of methoxy groups -OCH3 is 3. The van der Waals surface area contributed by atoms with Crippen molar-refractivity contribution >= 4 is 17.6 Å². The van der Waals surface area contributed by atoms with E-state index in [1.807, 2.05) is 0 Å². The molecule has 1 rings (SSSR count). The van der Waals surface area contributed by atoms with Crippen LogP contribution in [0.15, 0.2) is 12.1 Å². The van der Waals surface area contributed by atoms with E-state index in [0.717, 1.165) is 0 Å². The minimum Gasteiger partial charge on any atom is -0.493 e. The number of hydrogen-bond donors (Lipinski definition) is 0. The van der Waals surface area contributed by atoms with Gasteiger partial charge >= 0.3 is 5.97 Å².